The zero-order chi connectivity index (χ0) is 18.8. The van der Waals surface area contributed by atoms with Crippen LogP contribution in [0, 0.1) is 0 Å². The van der Waals surface area contributed by atoms with E-state index in [1.165, 1.54) is 0 Å². The lowest BCUT2D eigenvalue weighted by atomic mass is 10.0. The third-order valence-corrected chi connectivity index (χ3v) is 4.52. The van der Waals surface area contributed by atoms with Crippen molar-refractivity contribution >= 4 is 22.4 Å². The predicted molar refractivity (Wildman–Crippen MR) is 110 cm³/mol. The van der Waals surface area contributed by atoms with Crippen LogP contribution < -0.4 is 5.32 Å². The van der Waals surface area contributed by atoms with E-state index in [1.807, 2.05) is 91.0 Å². The average Bonchev–Trinajstić information content (AvgIpc) is 3.22. The average molecular weight is 364 g/mol. The quantitative estimate of drug-likeness (QED) is 0.443. The Bertz CT molecular complexity index is 1220. The molecular formula is C23H16N4O. The summed E-state index contributed by atoms with van der Waals surface area (Å²) >= 11 is 0. The zero-order valence-corrected chi connectivity index (χ0v) is 14.9. The molecule has 134 valence electrons. The lowest BCUT2D eigenvalue weighted by Gasteiger charge is -2.08. The van der Waals surface area contributed by atoms with Crippen molar-refractivity contribution in [2.75, 3.05) is 5.32 Å². The van der Waals surface area contributed by atoms with E-state index in [1.54, 1.807) is 0 Å². The maximum absolute atomic E-state index is 5.77. The minimum Gasteiger partial charge on any atom is -0.355 e. The van der Waals surface area contributed by atoms with Gasteiger partial charge in [-0.25, -0.2) is 0 Å². The Labute approximate surface area is 161 Å². The highest BCUT2D eigenvalue weighted by Gasteiger charge is 2.21. The van der Waals surface area contributed by atoms with E-state index in [0.29, 0.717) is 17.1 Å². The van der Waals surface area contributed by atoms with Crippen LogP contribution in [-0.4, -0.2) is 15.4 Å². The molecule has 0 saturated carbocycles. The van der Waals surface area contributed by atoms with E-state index >= 15 is 0 Å². The monoisotopic (exact) mass is 364 g/mol. The number of nitrogens with one attached hydrogen (secondary N) is 1. The van der Waals surface area contributed by atoms with Crippen molar-refractivity contribution in [3.63, 3.8) is 0 Å². The Hall–Kier alpha value is -3.99. The van der Waals surface area contributed by atoms with Crippen LogP contribution in [0.2, 0.25) is 0 Å². The largest absolute Gasteiger partial charge is 0.355 e. The van der Waals surface area contributed by atoms with Gasteiger partial charge in [0.25, 0.3) is 0 Å². The fraction of sp³-hybridized carbons (Fsp3) is 0. The number of benzene rings is 3. The lowest BCUT2D eigenvalue weighted by molar-refractivity contribution is 0.441. The highest BCUT2D eigenvalue weighted by molar-refractivity contribution is 6.05. The fourth-order valence-corrected chi connectivity index (χ4v) is 3.20. The smallest absolute Gasteiger partial charge is 0.183 e. The van der Waals surface area contributed by atoms with E-state index in [0.717, 1.165) is 27.9 Å². The molecule has 5 rings (SSSR count). The minimum atomic E-state index is 0.562. The Morgan fingerprint density at radius 1 is 0.643 bits per heavy atom. The Morgan fingerprint density at radius 3 is 1.93 bits per heavy atom. The van der Waals surface area contributed by atoms with Crippen molar-refractivity contribution in [1.29, 1.82) is 0 Å². The van der Waals surface area contributed by atoms with Gasteiger partial charge in [-0.15, -0.1) is 10.2 Å². The van der Waals surface area contributed by atoms with Crippen molar-refractivity contribution in [2.45, 2.75) is 0 Å². The van der Waals surface area contributed by atoms with E-state index in [9.17, 15) is 0 Å². The van der Waals surface area contributed by atoms with Gasteiger partial charge in [0.1, 0.15) is 5.69 Å². The molecule has 5 nitrogen and oxygen atoms in total. The molecule has 5 heteroatoms. The Balaban J connectivity index is 1.74. The summed E-state index contributed by atoms with van der Waals surface area (Å²) in [5.74, 6) is 1.24. The van der Waals surface area contributed by atoms with E-state index < -0.39 is 0 Å². The first-order valence-electron chi connectivity index (χ1n) is 8.99. The second-order valence-electron chi connectivity index (χ2n) is 6.36. The highest BCUT2D eigenvalue weighted by Crippen LogP contribution is 2.37. The van der Waals surface area contributed by atoms with Crippen molar-refractivity contribution in [2.24, 2.45) is 0 Å². The van der Waals surface area contributed by atoms with Crippen molar-refractivity contribution < 1.29 is 4.52 Å². The maximum Gasteiger partial charge on any atom is 0.183 e. The normalized spacial score (nSPS) is 10.9. The molecule has 0 unspecified atom stereocenters. The Morgan fingerprint density at radius 2 is 1.25 bits per heavy atom. The fourth-order valence-electron chi connectivity index (χ4n) is 3.20. The molecule has 0 bridgehead atoms. The molecule has 0 spiro atoms. The molecule has 0 aliphatic carbocycles. The number of nitrogens with zero attached hydrogens (tertiary/aromatic N) is 3. The molecule has 0 saturated heterocycles. The van der Waals surface area contributed by atoms with Gasteiger partial charge in [-0.3, -0.25) is 0 Å². The summed E-state index contributed by atoms with van der Waals surface area (Å²) in [6, 6.07) is 29.7. The van der Waals surface area contributed by atoms with Crippen molar-refractivity contribution in [1.82, 2.24) is 15.4 Å². The molecule has 0 atom stereocenters. The third-order valence-electron chi connectivity index (χ3n) is 4.52. The second kappa shape index (κ2) is 6.96. The van der Waals surface area contributed by atoms with Crippen LogP contribution >= 0.6 is 0 Å². The number of hydrogen-bond acceptors (Lipinski definition) is 5. The molecule has 1 N–H and O–H groups in total. The molecule has 0 fully saturated rings. The summed E-state index contributed by atoms with van der Waals surface area (Å²) in [7, 11) is 0. The molecule has 2 aromatic heterocycles. The molecule has 3 aromatic carbocycles. The summed E-state index contributed by atoms with van der Waals surface area (Å²) < 4.78 is 5.77. The van der Waals surface area contributed by atoms with Gasteiger partial charge in [-0.2, -0.15) is 0 Å². The van der Waals surface area contributed by atoms with Gasteiger partial charge in [-0.1, -0.05) is 84.0 Å². The lowest BCUT2D eigenvalue weighted by Crippen LogP contribution is -1.99. The molecule has 28 heavy (non-hydrogen) atoms. The highest BCUT2D eigenvalue weighted by atomic mass is 16.5. The van der Waals surface area contributed by atoms with Crippen molar-refractivity contribution in [3.05, 3.63) is 91.0 Å². The van der Waals surface area contributed by atoms with Gasteiger partial charge in [0, 0.05) is 16.8 Å². The standard InChI is InChI=1S/C23H16N4O/c1-4-10-16(11-5-1)20-19-21(27-28-22(19)17-12-6-2-7-13-17)23(26-25-20)24-18-14-8-3-9-15-18/h1-15H,(H,24,26). The number of rotatable bonds is 4. The van der Waals surface area contributed by atoms with Gasteiger partial charge < -0.3 is 9.84 Å². The first-order valence-corrected chi connectivity index (χ1v) is 8.99. The van der Waals surface area contributed by atoms with Crippen LogP contribution in [0.1, 0.15) is 0 Å². The third kappa shape index (κ3) is 2.89. The number of fused-ring (bicyclic) bond motifs is 1. The molecule has 0 amide bonds. The molecule has 0 aliphatic rings. The summed E-state index contributed by atoms with van der Waals surface area (Å²) in [5, 5.41) is 17.4. The molecule has 0 aliphatic heterocycles. The van der Waals surface area contributed by atoms with Gasteiger partial charge in [0.05, 0.1) is 5.39 Å². The number of hydrogen-bond donors (Lipinski definition) is 1. The first-order chi connectivity index (χ1) is 13.9. The van der Waals surface area contributed by atoms with Crippen LogP contribution in [0.4, 0.5) is 11.5 Å². The van der Waals surface area contributed by atoms with E-state index in [2.05, 4.69) is 20.7 Å². The van der Waals surface area contributed by atoms with Gasteiger partial charge in [0.2, 0.25) is 0 Å². The molecule has 5 aromatic rings. The Kier molecular flexibility index (Phi) is 4.03. The summed E-state index contributed by atoms with van der Waals surface area (Å²) in [5.41, 5.74) is 4.22. The van der Waals surface area contributed by atoms with Crippen LogP contribution in [0.3, 0.4) is 0 Å². The molecule has 0 radical (unpaired) electrons. The van der Waals surface area contributed by atoms with Crippen molar-refractivity contribution in [3.8, 4) is 22.6 Å². The predicted octanol–water partition coefficient (Wildman–Crippen LogP) is 5.70. The number of aromatic nitrogens is 3. The van der Waals surface area contributed by atoms with Crippen LogP contribution in [-0.2, 0) is 0 Å². The van der Waals surface area contributed by atoms with Gasteiger partial charge in [-0.05, 0) is 12.1 Å². The molecule has 2 heterocycles. The maximum atomic E-state index is 5.77. The summed E-state index contributed by atoms with van der Waals surface area (Å²) in [4.78, 5) is 0. The van der Waals surface area contributed by atoms with Gasteiger partial charge >= 0.3 is 0 Å². The van der Waals surface area contributed by atoms with E-state index in [-0.39, 0.29) is 0 Å². The first kappa shape index (κ1) is 16.2. The summed E-state index contributed by atoms with van der Waals surface area (Å²) in [6.07, 6.45) is 0. The number of anilines is 2. The van der Waals surface area contributed by atoms with Crippen LogP contribution in [0.5, 0.6) is 0 Å². The van der Waals surface area contributed by atoms with E-state index in [4.69, 9.17) is 4.52 Å². The number of para-hydroxylation sites is 1. The minimum absolute atomic E-state index is 0.562. The molecular weight excluding hydrogens is 348 g/mol. The van der Waals surface area contributed by atoms with Gasteiger partial charge in [0.15, 0.2) is 17.1 Å². The van der Waals surface area contributed by atoms with Crippen LogP contribution in [0.15, 0.2) is 95.5 Å². The SMILES string of the molecule is c1ccc(Nc2nnc(-c3ccccc3)c3c(-c4ccccc4)onc23)cc1. The second-order valence-corrected chi connectivity index (χ2v) is 6.36. The van der Waals surface area contributed by atoms with Crippen LogP contribution in [0.25, 0.3) is 33.5 Å². The summed E-state index contributed by atoms with van der Waals surface area (Å²) in [6.45, 7) is 0. The zero-order valence-electron chi connectivity index (χ0n) is 14.9. The topological polar surface area (TPSA) is 63.8 Å².